The minimum absolute atomic E-state index is 0.341. The largest absolute Gasteiger partial charge is 0.388 e. The third kappa shape index (κ3) is 7.44. The minimum Gasteiger partial charge on any atom is -0.388 e. The van der Waals surface area contributed by atoms with E-state index in [0.29, 0.717) is 21.2 Å². The smallest absolute Gasteiger partial charge is 0.181 e. The van der Waals surface area contributed by atoms with Gasteiger partial charge in [0.25, 0.3) is 0 Å². The molecule has 10 heteroatoms. The average Bonchev–Trinajstić information content (AvgIpc) is 2.74. The highest BCUT2D eigenvalue weighted by atomic mass is 35.5. The van der Waals surface area contributed by atoms with Gasteiger partial charge in [0.15, 0.2) is 12.6 Å². The Morgan fingerprint density at radius 2 is 1.00 bits per heavy atom. The normalized spacial score (nSPS) is 17.7. The molecule has 30 heavy (non-hydrogen) atoms. The fraction of sp³-hybridized carbons (Fsp3) is 0.400. The first kappa shape index (κ1) is 25.0. The van der Waals surface area contributed by atoms with Gasteiger partial charge in [-0.3, -0.25) is 0 Å². The SMILES string of the molecule is OC(OC[C@@H](O)[C@@H](O)[C@H](O)[C@@H](O)COC(O)c1cccc(Cl)c1)c1cccc(Cl)c1. The van der Waals surface area contributed by atoms with E-state index in [9.17, 15) is 30.6 Å². The predicted molar refractivity (Wildman–Crippen MR) is 109 cm³/mol. The monoisotopic (exact) mass is 462 g/mol. The standard InChI is InChI=1S/C20H24Cl2O8/c21-13-5-1-3-11(7-13)19(27)29-9-15(23)17(25)18(26)16(24)10-30-20(28)12-4-2-6-14(22)8-12/h1-8,15-20,23-28H,9-10H2/t15-,16+,17-,18-,19?,20?/m1/s1. The van der Waals surface area contributed by atoms with E-state index in [2.05, 4.69) is 0 Å². The van der Waals surface area contributed by atoms with Crippen LogP contribution in [0.15, 0.2) is 48.5 Å². The number of benzene rings is 2. The maximum Gasteiger partial charge on any atom is 0.181 e. The summed E-state index contributed by atoms with van der Waals surface area (Å²) in [7, 11) is 0. The molecule has 2 rings (SSSR count). The van der Waals surface area contributed by atoms with Crippen LogP contribution < -0.4 is 0 Å². The first-order valence-electron chi connectivity index (χ1n) is 9.01. The van der Waals surface area contributed by atoms with Crippen LogP contribution in [0.4, 0.5) is 0 Å². The molecule has 0 bridgehead atoms. The van der Waals surface area contributed by atoms with Crippen LogP contribution >= 0.6 is 23.2 Å². The summed E-state index contributed by atoms with van der Waals surface area (Å²) in [6.07, 6.45) is -9.69. The highest BCUT2D eigenvalue weighted by Gasteiger charge is 2.31. The van der Waals surface area contributed by atoms with Crippen molar-refractivity contribution in [1.29, 1.82) is 0 Å². The Kier molecular flexibility index (Phi) is 9.92. The van der Waals surface area contributed by atoms with Crippen LogP contribution in [0.3, 0.4) is 0 Å². The Hall–Kier alpha value is -1.30. The van der Waals surface area contributed by atoms with Crippen molar-refractivity contribution in [1.82, 2.24) is 0 Å². The van der Waals surface area contributed by atoms with Crippen molar-refractivity contribution >= 4 is 23.2 Å². The van der Waals surface area contributed by atoms with Crippen molar-refractivity contribution in [3.8, 4) is 0 Å². The lowest BCUT2D eigenvalue weighted by molar-refractivity contribution is -0.180. The maximum absolute atomic E-state index is 10.0. The van der Waals surface area contributed by atoms with Gasteiger partial charge in [-0.05, 0) is 24.3 Å². The number of hydrogen-bond donors (Lipinski definition) is 6. The molecule has 0 aromatic heterocycles. The third-order valence-corrected chi connectivity index (χ3v) is 4.73. The highest BCUT2D eigenvalue weighted by molar-refractivity contribution is 6.30. The van der Waals surface area contributed by atoms with Gasteiger partial charge in [0.05, 0.1) is 13.2 Å². The van der Waals surface area contributed by atoms with E-state index >= 15 is 0 Å². The van der Waals surface area contributed by atoms with Crippen LogP contribution in [-0.2, 0) is 9.47 Å². The summed E-state index contributed by atoms with van der Waals surface area (Å²) in [6.45, 7) is -1.07. The Morgan fingerprint density at radius 3 is 1.33 bits per heavy atom. The Bertz CT molecular complexity index is 727. The molecule has 0 heterocycles. The first-order chi connectivity index (χ1) is 14.2. The van der Waals surface area contributed by atoms with Gasteiger partial charge in [-0.2, -0.15) is 0 Å². The van der Waals surface area contributed by atoms with Crippen LogP contribution in [0, 0.1) is 0 Å². The van der Waals surface area contributed by atoms with E-state index in [1.165, 1.54) is 12.1 Å². The summed E-state index contributed by atoms with van der Waals surface area (Å²) in [5.41, 5.74) is 0.682. The van der Waals surface area contributed by atoms with Gasteiger partial charge < -0.3 is 40.1 Å². The van der Waals surface area contributed by atoms with Crippen LogP contribution in [0.1, 0.15) is 23.7 Å². The van der Waals surface area contributed by atoms with Crippen LogP contribution in [0.5, 0.6) is 0 Å². The fourth-order valence-electron chi connectivity index (χ4n) is 2.54. The van der Waals surface area contributed by atoms with Gasteiger partial charge in [-0.1, -0.05) is 47.5 Å². The first-order valence-corrected chi connectivity index (χ1v) is 9.77. The van der Waals surface area contributed by atoms with Crippen molar-refractivity contribution in [2.24, 2.45) is 0 Å². The predicted octanol–water partition coefficient (Wildman–Crippen LogP) is 1.15. The van der Waals surface area contributed by atoms with Crippen LogP contribution in [-0.4, -0.2) is 68.3 Å². The van der Waals surface area contributed by atoms with E-state index in [1.54, 1.807) is 36.4 Å². The van der Waals surface area contributed by atoms with Crippen LogP contribution in [0.25, 0.3) is 0 Å². The molecule has 0 saturated carbocycles. The topological polar surface area (TPSA) is 140 Å². The van der Waals surface area contributed by atoms with Gasteiger partial charge >= 0.3 is 0 Å². The molecule has 0 amide bonds. The molecule has 0 saturated heterocycles. The number of ether oxygens (including phenoxy) is 2. The van der Waals surface area contributed by atoms with Gasteiger partial charge in [0.1, 0.15) is 24.4 Å². The molecule has 0 fully saturated rings. The number of aliphatic hydroxyl groups is 6. The highest BCUT2D eigenvalue weighted by Crippen LogP contribution is 2.21. The third-order valence-electron chi connectivity index (χ3n) is 4.26. The quantitative estimate of drug-likeness (QED) is 0.273. The molecule has 0 radical (unpaired) electrons. The number of rotatable bonds is 11. The Labute approximate surface area is 183 Å². The van der Waals surface area contributed by atoms with E-state index in [0.717, 1.165) is 0 Å². The molecular weight excluding hydrogens is 439 g/mol. The van der Waals surface area contributed by atoms with E-state index < -0.39 is 50.2 Å². The second kappa shape index (κ2) is 11.9. The lowest BCUT2D eigenvalue weighted by Gasteiger charge is -2.27. The number of halogens is 2. The zero-order chi connectivity index (χ0) is 22.3. The van der Waals surface area contributed by atoms with Gasteiger partial charge in [-0.15, -0.1) is 0 Å². The van der Waals surface area contributed by atoms with Crippen LogP contribution in [0.2, 0.25) is 10.0 Å². The summed E-state index contributed by atoms with van der Waals surface area (Å²) in [5.74, 6) is 0. The Balaban J connectivity index is 1.80. The zero-order valence-corrected chi connectivity index (χ0v) is 17.3. The summed E-state index contributed by atoms with van der Waals surface area (Å²) in [4.78, 5) is 0. The molecule has 6 atom stereocenters. The summed E-state index contributed by atoms with van der Waals surface area (Å²) in [5, 5.41) is 60.7. The second-order valence-electron chi connectivity index (χ2n) is 6.60. The van der Waals surface area contributed by atoms with Gasteiger partial charge in [0, 0.05) is 21.2 Å². The summed E-state index contributed by atoms with van der Waals surface area (Å²) in [6, 6.07) is 12.5. The summed E-state index contributed by atoms with van der Waals surface area (Å²) < 4.78 is 10.1. The molecule has 2 aromatic rings. The van der Waals surface area contributed by atoms with Crippen molar-refractivity contribution in [2.75, 3.05) is 13.2 Å². The van der Waals surface area contributed by atoms with Crippen molar-refractivity contribution < 1.29 is 40.1 Å². The van der Waals surface area contributed by atoms with E-state index in [-0.39, 0.29) is 0 Å². The molecular formula is C20H24Cl2O8. The molecule has 2 aromatic carbocycles. The van der Waals surface area contributed by atoms with E-state index in [1.807, 2.05) is 0 Å². The summed E-state index contributed by atoms with van der Waals surface area (Å²) >= 11 is 11.6. The molecule has 166 valence electrons. The molecule has 8 nitrogen and oxygen atoms in total. The van der Waals surface area contributed by atoms with E-state index in [4.69, 9.17) is 32.7 Å². The van der Waals surface area contributed by atoms with Crippen molar-refractivity contribution in [3.63, 3.8) is 0 Å². The minimum atomic E-state index is -1.81. The molecule has 2 unspecified atom stereocenters. The number of aliphatic hydroxyl groups excluding tert-OH is 6. The van der Waals surface area contributed by atoms with Gasteiger partial charge in [0.2, 0.25) is 0 Å². The van der Waals surface area contributed by atoms with Crippen molar-refractivity contribution in [2.45, 2.75) is 37.0 Å². The lowest BCUT2D eigenvalue weighted by Crippen LogP contribution is -2.47. The zero-order valence-electron chi connectivity index (χ0n) is 15.8. The molecule has 0 spiro atoms. The molecule has 6 N–H and O–H groups in total. The average molecular weight is 463 g/mol. The van der Waals surface area contributed by atoms with Crippen molar-refractivity contribution in [3.05, 3.63) is 69.7 Å². The fourth-order valence-corrected chi connectivity index (χ4v) is 2.94. The molecule has 0 aliphatic rings. The molecule has 0 aliphatic heterocycles. The lowest BCUT2D eigenvalue weighted by atomic mass is 10.0. The van der Waals surface area contributed by atoms with Gasteiger partial charge in [-0.25, -0.2) is 0 Å². The maximum atomic E-state index is 10.0. The Morgan fingerprint density at radius 1 is 0.633 bits per heavy atom. The number of hydrogen-bond acceptors (Lipinski definition) is 8. The molecule has 0 aliphatic carbocycles. The second-order valence-corrected chi connectivity index (χ2v) is 7.47.